The van der Waals surface area contributed by atoms with Crippen LogP contribution in [0.25, 0.3) is 11.4 Å². The molecule has 0 fully saturated rings. The minimum atomic E-state index is 0.714. The van der Waals surface area contributed by atoms with Gasteiger partial charge in [-0.1, -0.05) is 69.5 Å². The number of aryl methyl sites for hydroxylation is 1. The molecule has 1 aromatic carbocycles. The second-order valence-electron chi connectivity index (χ2n) is 8.67. The standard InChI is InChI=1S/C29H44N2O2/c1-3-5-6-7-8-9-10-11-15-23-33-28-24-30-29(31-25-28)27-19-17-26(18-20-27)16-13-12-14-22-32-21-4-2/h8-9,17-20,24-25H,3-7,10-16,21-23H2,1-2H3/b9-8-. The average molecular weight is 453 g/mol. The number of nitrogens with zero attached hydrogens (tertiary/aromatic N) is 2. The summed E-state index contributed by atoms with van der Waals surface area (Å²) in [5, 5.41) is 0. The lowest BCUT2D eigenvalue weighted by Gasteiger charge is -2.07. The normalized spacial score (nSPS) is 11.3. The average Bonchev–Trinajstić information content (AvgIpc) is 2.85. The topological polar surface area (TPSA) is 44.2 Å². The Balaban J connectivity index is 1.61. The molecule has 1 heterocycles. The van der Waals surface area contributed by atoms with Crippen LogP contribution in [0.2, 0.25) is 0 Å². The highest BCUT2D eigenvalue weighted by atomic mass is 16.5. The van der Waals surface area contributed by atoms with Gasteiger partial charge in [0.15, 0.2) is 11.6 Å². The first-order chi connectivity index (χ1) is 16.3. The molecule has 182 valence electrons. The second kappa shape index (κ2) is 18.3. The van der Waals surface area contributed by atoms with E-state index >= 15 is 0 Å². The third-order valence-electron chi connectivity index (χ3n) is 5.62. The molecule has 0 aliphatic rings. The SMILES string of the molecule is CCCCC/C=C\CCCCOc1cnc(-c2ccc(CCCCCOCCC)cc2)nc1. The van der Waals surface area contributed by atoms with Crippen molar-refractivity contribution in [3.05, 3.63) is 54.4 Å². The fourth-order valence-corrected chi connectivity index (χ4v) is 3.62. The third-order valence-corrected chi connectivity index (χ3v) is 5.62. The van der Waals surface area contributed by atoms with Gasteiger partial charge in [0.2, 0.25) is 0 Å². The zero-order valence-electron chi connectivity index (χ0n) is 20.9. The van der Waals surface area contributed by atoms with Crippen LogP contribution in [0.5, 0.6) is 5.75 Å². The van der Waals surface area contributed by atoms with Gasteiger partial charge in [-0.2, -0.15) is 0 Å². The van der Waals surface area contributed by atoms with E-state index in [1.165, 1.54) is 44.1 Å². The molecule has 0 spiro atoms. The molecule has 2 rings (SSSR count). The van der Waals surface area contributed by atoms with Gasteiger partial charge in [0.25, 0.3) is 0 Å². The first-order valence-corrected chi connectivity index (χ1v) is 13.1. The van der Waals surface area contributed by atoms with Gasteiger partial charge in [-0.05, 0) is 63.4 Å². The van der Waals surface area contributed by atoms with Crippen molar-refractivity contribution in [3.8, 4) is 17.1 Å². The summed E-state index contributed by atoms with van der Waals surface area (Å²) in [4.78, 5) is 8.98. The number of hydrogen-bond acceptors (Lipinski definition) is 4. The van der Waals surface area contributed by atoms with Crippen LogP contribution < -0.4 is 4.74 Å². The van der Waals surface area contributed by atoms with E-state index in [-0.39, 0.29) is 0 Å². The predicted molar refractivity (Wildman–Crippen MR) is 139 cm³/mol. The van der Waals surface area contributed by atoms with Crippen LogP contribution in [0.4, 0.5) is 0 Å². The molecule has 1 aromatic heterocycles. The Morgan fingerprint density at radius 3 is 2.09 bits per heavy atom. The molecule has 2 aromatic rings. The first kappa shape index (κ1) is 27.0. The van der Waals surface area contributed by atoms with Crippen molar-refractivity contribution in [2.24, 2.45) is 0 Å². The van der Waals surface area contributed by atoms with Crippen molar-refractivity contribution in [1.29, 1.82) is 0 Å². The molecule has 33 heavy (non-hydrogen) atoms. The van der Waals surface area contributed by atoms with Gasteiger partial charge in [0.05, 0.1) is 19.0 Å². The number of benzene rings is 1. The van der Waals surface area contributed by atoms with Gasteiger partial charge >= 0.3 is 0 Å². The highest BCUT2D eigenvalue weighted by Crippen LogP contribution is 2.18. The fourth-order valence-electron chi connectivity index (χ4n) is 3.62. The van der Waals surface area contributed by atoms with Crippen LogP contribution in [-0.2, 0) is 11.2 Å². The largest absolute Gasteiger partial charge is 0.490 e. The van der Waals surface area contributed by atoms with Crippen LogP contribution in [0.1, 0.15) is 90.0 Å². The molecule has 0 amide bonds. The molecule has 0 atom stereocenters. The third kappa shape index (κ3) is 12.6. The lowest BCUT2D eigenvalue weighted by Crippen LogP contribution is -1.99. The molecule has 4 heteroatoms. The number of ether oxygens (including phenoxy) is 2. The van der Waals surface area contributed by atoms with Crippen molar-refractivity contribution < 1.29 is 9.47 Å². The molecule has 0 unspecified atom stereocenters. The van der Waals surface area contributed by atoms with Crippen molar-refractivity contribution in [2.45, 2.75) is 90.9 Å². The van der Waals surface area contributed by atoms with Gasteiger partial charge in [0.1, 0.15) is 0 Å². The molecule has 0 bridgehead atoms. The van der Waals surface area contributed by atoms with E-state index < -0.39 is 0 Å². The van der Waals surface area contributed by atoms with Gasteiger partial charge in [0, 0.05) is 18.8 Å². The number of unbranched alkanes of at least 4 members (excludes halogenated alkanes) is 7. The summed E-state index contributed by atoms with van der Waals surface area (Å²) in [5.41, 5.74) is 2.41. The summed E-state index contributed by atoms with van der Waals surface area (Å²) in [6.45, 7) is 6.88. The van der Waals surface area contributed by atoms with Gasteiger partial charge < -0.3 is 9.47 Å². The molecular weight excluding hydrogens is 408 g/mol. The van der Waals surface area contributed by atoms with Gasteiger partial charge in [-0.25, -0.2) is 9.97 Å². The Morgan fingerprint density at radius 2 is 1.39 bits per heavy atom. The van der Waals surface area contributed by atoms with Crippen molar-refractivity contribution in [2.75, 3.05) is 19.8 Å². The van der Waals surface area contributed by atoms with E-state index in [0.29, 0.717) is 6.61 Å². The van der Waals surface area contributed by atoms with E-state index in [1.54, 1.807) is 12.4 Å². The number of rotatable bonds is 19. The number of hydrogen-bond donors (Lipinski definition) is 0. The van der Waals surface area contributed by atoms with E-state index in [2.05, 4.69) is 60.2 Å². The second-order valence-corrected chi connectivity index (χ2v) is 8.67. The zero-order chi connectivity index (χ0) is 23.4. The Morgan fingerprint density at radius 1 is 0.697 bits per heavy atom. The summed E-state index contributed by atoms with van der Waals surface area (Å²) >= 11 is 0. The van der Waals surface area contributed by atoms with Crippen LogP contribution in [0, 0.1) is 0 Å². The van der Waals surface area contributed by atoms with Crippen molar-refractivity contribution in [1.82, 2.24) is 9.97 Å². The highest BCUT2D eigenvalue weighted by Gasteiger charge is 2.03. The van der Waals surface area contributed by atoms with Crippen LogP contribution >= 0.6 is 0 Å². The molecule has 4 nitrogen and oxygen atoms in total. The summed E-state index contributed by atoms with van der Waals surface area (Å²) in [5.74, 6) is 1.49. The van der Waals surface area contributed by atoms with Gasteiger partial charge in [-0.3, -0.25) is 0 Å². The maximum Gasteiger partial charge on any atom is 0.159 e. The van der Waals surface area contributed by atoms with E-state index in [9.17, 15) is 0 Å². The molecule has 0 saturated heterocycles. The lowest BCUT2D eigenvalue weighted by molar-refractivity contribution is 0.130. The van der Waals surface area contributed by atoms with Crippen LogP contribution in [-0.4, -0.2) is 29.8 Å². The molecular formula is C29H44N2O2. The Kier molecular flexibility index (Phi) is 15.0. The maximum absolute atomic E-state index is 5.80. The Hall–Kier alpha value is -2.20. The smallest absolute Gasteiger partial charge is 0.159 e. The Bertz CT molecular complexity index is 741. The highest BCUT2D eigenvalue weighted by molar-refractivity contribution is 5.55. The molecule has 0 aliphatic carbocycles. The molecule has 0 N–H and O–H groups in total. The predicted octanol–water partition coefficient (Wildman–Crippen LogP) is 7.97. The quantitative estimate of drug-likeness (QED) is 0.160. The first-order valence-electron chi connectivity index (χ1n) is 13.1. The van der Waals surface area contributed by atoms with E-state index in [0.717, 1.165) is 68.9 Å². The number of aromatic nitrogens is 2. The summed E-state index contributed by atoms with van der Waals surface area (Å²) in [6, 6.07) is 8.61. The summed E-state index contributed by atoms with van der Waals surface area (Å²) in [7, 11) is 0. The molecule has 0 aliphatic heterocycles. The van der Waals surface area contributed by atoms with Crippen molar-refractivity contribution in [3.63, 3.8) is 0 Å². The van der Waals surface area contributed by atoms with E-state index in [1.807, 2.05) is 0 Å². The molecule has 0 radical (unpaired) electrons. The Labute approximate surface area is 201 Å². The maximum atomic E-state index is 5.80. The van der Waals surface area contributed by atoms with Gasteiger partial charge in [-0.15, -0.1) is 0 Å². The van der Waals surface area contributed by atoms with Crippen LogP contribution in [0.3, 0.4) is 0 Å². The summed E-state index contributed by atoms with van der Waals surface area (Å²) in [6.07, 6.45) is 22.5. The van der Waals surface area contributed by atoms with Crippen LogP contribution in [0.15, 0.2) is 48.8 Å². The minimum Gasteiger partial charge on any atom is -0.490 e. The lowest BCUT2D eigenvalue weighted by atomic mass is 10.0. The molecule has 0 saturated carbocycles. The fraction of sp³-hybridized carbons (Fsp3) is 0.586. The number of allylic oxidation sites excluding steroid dienone is 2. The monoisotopic (exact) mass is 452 g/mol. The minimum absolute atomic E-state index is 0.714. The van der Waals surface area contributed by atoms with Crippen molar-refractivity contribution >= 4 is 0 Å². The summed E-state index contributed by atoms with van der Waals surface area (Å²) < 4.78 is 11.3. The van der Waals surface area contributed by atoms with E-state index in [4.69, 9.17) is 9.47 Å². The zero-order valence-corrected chi connectivity index (χ0v) is 20.9.